The van der Waals surface area contributed by atoms with E-state index in [1.54, 1.807) is 13.8 Å². The monoisotopic (exact) mass is 344 g/mol. The summed E-state index contributed by atoms with van der Waals surface area (Å²) in [5.41, 5.74) is -0.162. The molecule has 0 aliphatic rings. The third kappa shape index (κ3) is 3.77. The second kappa shape index (κ2) is 6.47. The molecule has 108 valence electrons. The maximum atomic E-state index is 12.3. The van der Waals surface area contributed by atoms with Gasteiger partial charge in [-0.1, -0.05) is 0 Å². The second-order valence-electron chi connectivity index (χ2n) is 4.34. The zero-order valence-electron chi connectivity index (χ0n) is 10.9. The number of nitrogens with zero attached hydrogens (tertiary/aromatic N) is 2. The van der Waals surface area contributed by atoms with Gasteiger partial charge in [0.1, 0.15) is 6.54 Å². The van der Waals surface area contributed by atoms with Crippen LogP contribution in [-0.4, -0.2) is 39.4 Å². The van der Waals surface area contributed by atoms with E-state index in [-0.39, 0.29) is 17.3 Å². The quantitative estimate of drug-likeness (QED) is 0.652. The molecule has 0 saturated carbocycles. The Kier molecular flexibility index (Phi) is 5.20. The van der Waals surface area contributed by atoms with E-state index in [9.17, 15) is 19.7 Å². The molecule has 1 aromatic carbocycles. The zero-order valence-corrected chi connectivity index (χ0v) is 12.5. The van der Waals surface area contributed by atoms with E-state index >= 15 is 0 Å². The van der Waals surface area contributed by atoms with E-state index in [2.05, 4.69) is 15.9 Å². The normalized spacial score (nSPS) is 10.4. The lowest BCUT2D eigenvalue weighted by molar-refractivity contribution is -0.384. The van der Waals surface area contributed by atoms with E-state index in [0.29, 0.717) is 4.47 Å². The van der Waals surface area contributed by atoms with Crippen LogP contribution in [0.4, 0.5) is 5.69 Å². The van der Waals surface area contributed by atoms with Gasteiger partial charge in [0, 0.05) is 22.6 Å². The van der Waals surface area contributed by atoms with Gasteiger partial charge in [0.05, 0.1) is 10.5 Å². The molecule has 0 aliphatic heterocycles. The van der Waals surface area contributed by atoms with Crippen LogP contribution in [0.1, 0.15) is 24.2 Å². The maximum absolute atomic E-state index is 12.3. The molecule has 0 saturated heterocycles. The number of hydrogen-bond acceptors (Lipinski definition) is 4. The molecule has 0 radical (unpaired) electrons. The first-order chi connectivity index (χ1) is 9.23. The molecule has 0 heterocycles. The molecule has 0 aromatic heterocycles. The Bertz CT molecular complexity index is 559. The number of carbonyl (C=O) groups is 2. The summed E-state index contributed by atoms with van der Waals surface area (Å²) in [7, 11) is 0. The minimum atomic E-state index is -1.14. The highest BCUT2D eigenvalue weighted by atomic mass is 79.9. The molecule has 0 unspecified atom stereocenters. The van der Waals surface area contributed by atoms with Crippen LogP contribution in [-0.2, 0) is 4.79 Å². The number of benzene rings is 1. The highest BCUT2D eigenvalue weighted by Gasteiger charge is 2.24. The Morgan fingerprint density at radius 3 is 2.50 bits per heavy atom. The first-order valence-corrected chi connectivity index (χ1v) is 6.50. The van der Waals surface area contributed by atoms with Crippen molar-refractivity contribution in [3.8, 4) is 0 Å². The molecule has 8 heteroatoms. The summed E-state index contributed by atoms with van der Waals surface area (Å²) in [6, 6.07) is 3.44. The third-order valence-electron chi connectivity index (χ3n) is 2.58. The number of nitro benzene ring substituents is 1. The number of halogens is 1. The van der Waals surface area contributed by atoms with E-state index < -0.39 is 23.3 Å². The maximum Gasteiger partial charge on any atom is 0.323 e. The fourth-order valence-electron chi connectivity index (χ4n) is 1.58. The molecule has 7 nitrogen and oxygen atoms in total. The van der Waals surface area contributed by atoms with Crippen molar-refractivity contribution in [2.45, 2.75) is 19.9 Å². The summed E-state index contributed by atoms with van der Waals surface area (Å²) in [6.07, 6.45) is 0. The van der Waals surface area contributed by atoms with Crippen molar-refractivity contribution in [2.24, 2.45) is 0 Å². The number of hydrogen-bond donors (Lipinski definition) is 1. The first kappa shape index (κ1) is 16.1. The standard InChI is InChI=1S/C12H13BrN2O5/c1-7(2)14(6-11(16)17)12(18)9-5-8(15(19)20)3-4-10(9)13/h3-5,7H,6H2,1-2H3,(H,16,17). The number of amides is 1. The van der Waals surface area contributed by atoms with Crippen molar-refractivity contribution in [1.82, 2.24) is 4.90 Å². The van der Waals surface area contributed by atoms with Crippen LogP contribution in [0, 0.1) is 10.1 Å². The van der Waals surface area contributed by atoms with Gasteiger partial charge < -0.3 is 10.0 Å². The van der Waals surface area contributed by atoms with E-state index in [1.165, 1.54) is 12.1 Å². The number of nitro groups is 1. The largest absolute Gasteiger partial charge is 0.480 e. The van der Waals surface area contributed by atoms with E-state index in [1.807, 2.05) is 0 Å². The molecule has 1 amide bonds. The van der Waals surface area contributed by atoms with Crippen LogP contribution in [0.15, 0.2) is 22.7 Å². The minimum Gasteiger partial charge on any atom is -0.480 e. The summed E-state index contributed by atoms with van der Waals surface area (Å²) in [6.45, 7) is 2.88. The van der Waals surface area contributed by atoms with Gasteiger partial charge >= 0.3 is 5.97 Å². The van der Waals surface area contributed by atoms with Gasteiger partial charge in [0.25, 0.3) is 11.6 Å². The highest BCUT2D eigenvalue weighted by Crippen LogP contribution is 2.24. The van der Waals surface area contributed by atoms with Crippen molar-refractivity contribution in [3.05, 3.63) is 38.3 Å². The SMILES string of the molecule is CC(C)N(CC(=O)O)C(=O)c1cc([N+](=O)[O-])ccc1Br. The van der Waals surface area contributed by atoms with Crippen LogP contribution in [0.2, 0.25) is 0 Å². The second-order valence-corrected chi connectivity index (χ2v) is 5.20. The first-order valence-electron chi connectivity index (χ1n) is 5.70. The van der Waals surface area contributed by atoms with Gasteiger partial charge in [0.15, 0.2) is 0 Å². The lowest BCUT2D eigenvalue weighted by atomic mass is 10.1. The molecule has 0 spiro atoms. The molecule has 0 bridgehead atoms. The Morgan fingerprint density at radius 1 is 1.45 bits per heavy atom. The predicted octanol–water partition coefficient (Wildman–Crippen LogP) is 2.29. The van der Waals surface area contributed by atoms with Crippen molar-refractivity contribution in [2.75, 3.05) is 6.54 Å². The number of carboxylic acid groups (broad SMARTS) is 1. The van der Waals surface area contributed by atoms with Crippen LogP contribution in [0.5, 0.6) is 0 Å². The molecular formula is C12H13BrN2O5. The smallest absolute Gasteiger partial charge is 0.323 e. The Labute approximate surface area is 123 Å². The number of carboxylic acids is 1. The zero-order chi connectivity index (χ0) is 15.4. The fraction of sp³-hybridized carbons (Fsp3) is 0.333. The Morgan fingerprint density at radius 2 is 2.05 bits per heavy atom. The number of non-ortho nitro benzene ring substituents is 1. The van der Waals surface area contributed by atoms with Gasteiger partial charge in [0.2, 0.25) is 0 Å². The lowest BCUT2D eigenvalue weighted by Gasteiger charge is -2.25. The van der Waals surface area contributed by atoms with Crippen LogP contribution in [0.25, 0.3) is 0 Å². The Hall–Kier alpha value is -1.96. The summed E-state index contributed by atoms with van der Waals surface area (Å²) < 4.78 is 0.379. The third-order valence-corrected chi connectivity index (χ3v) is 3.27. The van der Waals surface area contributed by atoms with Crippen molar-refractivity contribution in [3.63, 3.8) is 0 Å². The van der Waals surface area contributed by atoms with Crippen molar-refractivity contribution >= 4 is 33.5 Å². The number of rotatable bonds is 5. The number of aliphatic carboxylic acids is 1. The van der Waals surface area contributed by atoms with Gasteiger partial charge in [-0.2, -0.15) is 0 Å². The molecule has 20 heavy (non-hydrogen) atoms. The van der Waals surface area contributed by atoms with Crippen molar-refractivity contribution in [1.29, 1.82) is 0 Å². The van der Waals surface area contributed by atoms with E-state index in [0.717, 1.165) is 11.0 Å². The molecular weight excluding hydrogens is 332 g/mol. The molecule has 0 atom stereocenters. The summed E-state index contributed by atoms with van der Waals surface area (Å²) in [5, 5.41) is 19.6. The molecule has 1 N–H and O–H groups in total. The van der Waals surface area contributed by atoms with E-state index in [4.69, 9.17) is 5.11 Å². The highest BCUT2D eigenvalue weighted by molar-refractivity contribution is 9.10. The van der Waals surface area contributed by atoms with Crippen LogP contribution >= 0.6 is 15.9 Å². The topological polar surface area (TPSA) is 101 Å². The summed E-state index contributed by atoms with van der Waals surface area (Å²) >= 11 is 3.15. The van der Waals surface area contributed by atoms with Crippen molar-refractivity contribution < 1.29 is 19.6 Å². The average Bonchev–Trinajstić information content (AvgIpc) is 2.34. The molecule has 1 aromatic rings. The lowest BCUT2D eigenvalue weighted by Crippen LogP contribution is -2.40. The predicted molar refractivity (Wildman–Crippen MR) is 74.6 cm³/mol. The van der Waals surface area contributed by atoms with Gasteiger partial charge in [-0.25, -0.2) is 0 Å². The molecule has 0 fully saturated rings. The van der Waals surface area contributed by atoms with Gasteiger partial charge in [-0.3, -0.25) is 19.7 Å². The van der Waals surface area contributed by atoms with Gasteiger partial charge in [-0.15, -0.1) is 0 Å². The minimum absolute atomic E-state index is 0.0640. The van der Waals surface area contributed by atoms with Gasteiger partial charge in [-0.05, 0) is 35.8 Å². The summed E-state index contributed by atoms with van der Waals surface area (Å²) in [4.78, 5) is 34.4. The van der Waals surface area contributed by atoms with Crippen LogP contribution in [0.3, 0.4) is 0 Å². The summed E-state index contributed by atoms with van der Waals surface area (Å²) in [5.74, 6) is -1.72. The average molecular weight is 345 g/mol. The van der Waals surface area contributed by atoms with Crippen LogP contribution < -0.4 is 0 Å². The molecule has 0 aliphatic carbocycles. The molecule has 1 rings (SSSR count). The Balaban J connectivity index is 3.20. The number of carbonyl (C=O) groups excluding carboxylic acids is 1. The fourth-order valence-corrected chi connectivity index (χ4v) is 2.00.